The Morgan fingerprint density at radius 1 is 1.24 bits per heavy atom. The van der Waals surface area contributed by atoms with Crippen molar-refractivity contribution >= 4 is 0 Å². The topological polar surface area (TPSA) is 39.7 Å². The molecule has 0 spiro atoms. The number of ether oxygens (including phenoxy) is 3. The van der Waals surface area contributed by atoms with Gasteiger partial charge in [-0.25, -0.2) is 0 Å². The fourth-order valence-electron chi connectivity index (χ4n) is 1.79. The van der Waals surface area contributed by atoms with E-state index in [1.165, 1.54) is 7.11 Å². The summed E-state index contributed by atoms with van der Waals surface area (Å²) in [6.45, 7) is -0.108. The van der Waals surface area contributed by atoms with Gasteiger partial charge < -0.3 is 14.8 Å². The second-order valence-electron chi connectivity index (χ2n) is 4.77. The fraction of sp³-hybridized carbons (Fsp3) is 0.571. The smallest absolute Gasteiger partial charge is 0.497 e. The molecule has 1 aliphatic carbocycles. The van der Waals surface area contributed by atoms with Gasteiger partial charge in [-0.3, -0.25) is 4.74 Å². The highest BCUT2D eigenvalue weighted by atomic mass is 19.4. The second-order valence-corrected chi connectivity index (χ2v) is 4.77. The number of benzene rings is 1. The van der Waals surface area contributed by atoms with Gasteiger partial charge in [0.2, 0.25) is 0 Å². The molecule has 0 heterocycles. The maximum absolute atomic E-state index is 11.9. The van der Waals surface area contributed by atoms with Crippen molar-refractivity contribution in [3.05, 3.63) is 23.8 Å². The van der Waals surface area contributed by atoms with E-state index in [4.69, 9.17) is 9.47 Å². The van der Waals surface area contributed by atoms with E-state index in [-0.39, 0.29) is 6.61 Å². The first-order chi connectivity index (χ1) is 9.98. The van der Waals surface area contributed by atoms with E-state index in [9.17, 15) is 13.2 Å². The molecule has 0 atom stereocenters. The summed E-state index contributed by atoms with van der Waals surface area (Å²) in [7, 11) is 1.52. The molecule has 7 heteroatoms. The van der Waals surface area contributed by atoms with Crippen LogP contribution in [0, 0.1) is 0 Å². The Morgan fingerprint density at radius 2 is 2.00 bits per heavy atom. The minimum Gasteiger partial charge on any atom is -0.497 e. The van der Waals surface area contributed by atoms with E-state index < -0.39 is 13.0 Å². The zero-order valence-corrected chi connectivity index (χ0v) is 11.7. The summed E-state index contributed by atoms with van der Waals surface area (Å²) in [6, 6.07) is 5.84. The summed E-state index contributed by atoms with van der Waals surface area (Å²) in [6.07, 6.45) is -2.31. The predicted octanol–water partition coefficient (Wildman–Crippen LogP) is 2.86. The highest BCUT2D eigenvalue weighted by Crippen LogP contribution is 2.27. The normalized spacial score (nSPS) is 15.0. The van der Waals surface area contributed by atoms with E-state index >= 15 is 0 Å². The van der Waals surface area contributed by atoms with Crippen molar-refractivity contribution in [1.82, 2.24) is 5.32 Å². The van der Waals surface area contributed by atoms with Crippen LogP contribution in [-0.4, -0.2) is 32.7 Å². The maximum atomic E-state index is 11.9. The summed E-state index contributed by atoms with van der Waals surface area (Å²) >= 11 is 0. The van der Waals surface area contributed by atoms with E-state index in [1.54, 1.807) is 12.1 Å². The number of hydrogen-bond donors (Lipinski definition) is 1. The Kier molecular flexibility index (Phi) is 5.30. The van der Waals surface area contributed by atoms with Crippen molar-refractivity contribution in [2.24, 2.45) is 0 Å². The van der Waals surface area contributed by atoms with E-state index in [1.807, 2.05) is 6.07 Å². The molecular weight excluding hydrogens is 287 g/mol. The molecule has 0 bridgehead atoms. The molecule has 1 aromatic rings. The van der Waals surface area contributed by atoms with Crippen LogP contribution in [0.5, 0.6) is 11.5 Å². The van der Waals surface area contributed by atoms with Crippen LogP contribution in [0.2, 0.25) is 0 Å². The van der Waals surface area contributed by atoms with Crippen LogP contribution in [0.1, 0.15) is 18.4 Å². The second kappa shape index (κ2) is 7.00. The maximum Gasteiger partial charge on any atom is 0.522 e. The third kappa shape index (κ3) is 5.81. The van der Waals surface area contributed by atoms with Gasteiger partial charge in [0.15, 0.2) is 0 Å². The quantitative estimate of drug-likeness (QED) is 0.750. The van der Waals surface area contributed by atoms with Crippen LogP contribution in [0.25, 0.3) is 0 Å². The van der Waals surface area contributed by atoms with Crippen LogP contribution < -0.4 is 14.8 Å². The molecule has 0 saturated heterocycles. The van der Waals surface area contributed by atoms with Crippen LogP contribution in [0.3, 0.4) is 0 Å². The summed E-state index contributed by atoms with van der Waals surface area (Å²) in [5.41, 5.74) is 0.884. The van der Waals surface area contributed by atoms with Crippen molar-refractivity contribution in [3.8, 4) is 11.5 Å². The van der Waals surface area contributed by atoms with Gasteiger partial charge in [-0.2, -0.15) is 0 Å². The minimum atomic E-state index is -4.63. The Hall–Kier alpha value is -1.47. The lowest BCUT2D eigenvalue weighted by molar-refractivity contribution is -0.325. The van der Waals surface area contributed by atoms with Crippen LogP contribution in [0.15, 0.2) is 18.2 Å². The summed E-state index contributed by atoms with van der Waals surface area (Å²) in [5.74, 6) is 1.10. The molecule has 2 rings (SSSR count). The molecule has 0 aromatic heterocycles. The molecular formula is C14H18F3NO3. The lowest BCUT2D eigenvalue weighted by Crippen LogP contribution is -2.19. The van der Waals surface area contributed by atoms with E-state index in [2.05, 4.69) is 10.1 Å². The molecule has 1 aromatic carbocycles. The third-order valence-electron chi connectivity index (χ3n) is 3.04. The van der Waals surface area contributed by atoms with Crippen LogP contribution >= 0.6 is 0 Å². The Bertz CT molecular complexity index is 461. The van der Waals surface area contributed by atoms with Crippen molar-refractivity contribution in [2.45, 2.75) is 31.8 Å². The van der Waals surface area contributed by atoms with Gasteiger partial charge in [0.05, 0.1) is 13.7 Å². The van der Waals surface area contributed by atoms with E-state index in [0.717, 1.165) is 18.4 Å². The van der Waals surface area contributed by atoms with Crippen molar-refractivity contribution < 1.29 is 27.4 Å². The number of hydrogen-bond acceptors (Lipinski definition) is 4. The van der Waals surface area contributed by atoms with Crippen molar-refractivity contribution in [1.29, 1.82) is 0 Å². The first kappa shape index (κ1) is 15.9. The van der Waals surface area contributed by atoms with Gasteiger partial charge in [-0.1, -0.05) is 6.07 Å². The minimum absolute atomic E-state index is 0.177. The molecule has 118 valence electrons. The number of methoxy groups -OCH3 is 1. The molecule has 1 aliphatic rings. The van der Waals surface area contributed by atoms with Gasteiger partial charge in [-0.15, -0.1) is 13.2 Å². The van der Waals surface area contributed by atoms with E-state index in [0.29, 0.717) is 24.1 Å². The average Bonchev–Trinajstić information content (AvgIpc) is 3.25. The largest absolute Gasteiger partial charge is 0.522 e. The molecule has 1 fully saturated rings. The van der Waals surface area contributed by atoms with Crippen molar-refractivity contribution in [3.63, 3.8) is 0 Å². The molecule has 0 aliphatic heterocycles. The average molecular weight is 305 g/mol. The van der Waals surface area contributed by atoms with Gasteiger partial charge in [0, 0.05) is 24.2 Å². The van der Waals surface area contributed by atoms with Crippen LogP contribution in [-0.2, 0) is 11.3 Å². The van der Waals surface area contributed by atoms with Crippen LogP contribution in [0.4, 0.5) is 13.2 Å². The Balaban J connectivity index is 1.90. The SMILES string of the molecule is COc1ccc(CNC2CC2)c(OCCOC(F)(F)F)c1. The number of rotatable bonds is 8. The highest BCUT2D eigenvalue weighted by molar-refractivity contribution is 5.40. The zero-order chi connectivity index (χ0) is 15.3. The molecule has 0 radical (unpaired) electrons. The first-order valence-electron chi connectivity index (χ1n) is 6.72. The fourth-order valence-corrected chi connectivity index (χ4v) is 1.79. The standard InChI is InChI=1S/C14H18F3NO3/c1-19-12-5-2-10(9-18-11-3-4-11)13(8-12)20-6-7-21-14(15,16)17/h2,5,8,11,18H,3-4,6-7,9H2,1H3. The first-order valence-corrected chi connectivity index (χ1v) is 6.72. The van der Waals surface area contributed by atoms with Gasteiger partial charge in [0.25, 0.3) is 0 Å². The number of halogens is 3. The summed E-state index contributed by atoms with van der Waals surface area (Å²) in [4.78, 5) is 0. The molecule has 1 saturated carbocycles. The monoisotopic (exact) mass is 305 g/mol. The lowest BCUT2D eigenvalue weighted by atomic mass is 10.2. The Morgan fingerprint density at radius 3 is 2.62 bits per heavy atom. The van der Waals surface area contributed by atoms with Gasteiger partial charge >= 0.3 is 6.36 Å². The van der Waals surface area contributed by atoms with Gasteiger partial charge in [0.1, 0.15) is 18.1 Å². The predicted molar refractivity (Wildman–Crippen MR) is 70.4 cm³/mol. The van der Waals surface area contributed by atoms with Gasteiger partial charge in [-0.05, 0) is 18.9 Å². The van der Waals surface area contributed by atoms with Crippen molar-refractivity contribution in [2.75, 3.05) is 20.3 Å². The molecule has 21 heavy (non-hydrogen) atoms. The molecule has 4 nitrogen and oxygen atoms in total. The lowest BCUT2D eigenvalue weighted by Gasteiger charge is -2.14. The summed E-state index contributed by atoms with van der Waals surface area (Å²) in [5, 5.41) is 3.33. The molecule has 1 N–H and O–H groups in total. The number of nitrogens with one attached hydrogen (secondary N) is 1. The summed E-state index contributed by atoms with van der Waals surface area (Å²) < 4.78 is 49.8. The molecule has 0 unspecified atom stereocenters. The Labute approximate surface area is 121 Å². The number of alkyl halides is 3. The third-order valence-corrected chi connectivity index (χ3v) is 3.04. The molecule has 0 amide bonds. The zero-order valence-electron chi connectivity index (χ0n) is 11.7. The highest BCUT2D eigenvalue weighted by Gasteiger charge is 2.28.